The third-order valence-electron chi connectivity index (χ3n) is 2.84. The molecule has 0 radical (unpaired) electrons. The number of nitro benzene ring substituents is 1. The van der Waals surface area contributed by atoms with E-state index in [1.165, 1.54) is 12.1 Å². The number of carbonyl (C=O) groups excluding carboxylic acids is 1. The van der Waals surface area contributed by atoms with Gasteiger partial charge in [-0.1, -0.05) is 23.2 Å². The number of benzene rings is 2. The van der Waals surface area contributed by atoms with E-state index in [1.54, 1.807) is 31.2 Å². The molecule has 114 valence electrons. The van der Waals surface area contributed by atoms with Gasteiger partial charge in [-0.25, -0.2) is 4.79 Å². The van der Waals surface area contributed by atoms with Gasteiger partial charge in [0, 0.05) is 22.5 Å². The van der Waals surface area contributed by atoms with Crippen molar-refractivity contribution in [1.82, 2.24) is 0 Å². The van der Waals surface area contributed by atoms with Crippen molar-refractivity contribution < 1.29 is 9.72 Å². The molecule has 0 bridgehead atoms. The van der Waals surface area contributed by atoms with E-state index in [2.05, 4.69) is 10.6 Å². The van der Waals surface area contributed by atoms with E-state index >= 15 is 0 Å². The van der Waals surface area contributed by atoms with Gasteiger partial charge in [-0.2, -0.15) is 0 Å². The molecule has 0 fully saturated rings. The van der Waals surface area contributed by atoms with Crippen molar-refractivity contribution in [2.45, 2.75) is 6.92 Å². The van der Waals surface area contributed by atoms with Crippen LogP contribution in [0.15, 0.2) is 36.4 Å². The summed E-state index contributed by atoms with van der Waals surface area (Å²) < 4.78 is 0. The van der Waals surface area contributed by atoms with Crippen molar-refractivity contribution in [2.24, 2.45) is 0 Å². The summed E-state index contributed by atoms with van der Waals surface area (Å²) in [7, 11) is 0. The van der Waals surface area contributed by atoms with Crippen molar-refractivity contribution >= 4 is 46.3 Å². The maximum atomic E-state index is 11.9. The molecule has 2 aromatic carbocycles. The Balaban J connectivity index is 2.13. The lowest BCUT2D eigenvalue weighted by atomic mass is 10.2. The van der Waals surface area contributed by atoms with Crippen molar-refractivity contribution in [3.63, 3.8) is 0 Å². The van der Waals surface area contributed by atoms with Crippen molar-refractivity contribution in [2.75, 3.05) is 10.6 Å². The van der Waals surface area contributed by atoms with Gasteiger partial charge in [-0.15, -0.1) is 0 Å². The van der Waals surface area contributed by atoms with Gasteiger partial charge in [-0.3, -0.25) is 10.1 Å². The number of hydrogen-bond donors (Lipinski definition) is 2. The summed E-state index contributed by atoms with van der Waals surface area (Å²) in [4.78, 5) is 22.1. The molecule has 0 aliphatic heterocycles. The van der Waals surface area contributed by atoms with Gasteiger partial charge >= 0.3 is 6.03 Å². The zero-order valence-corrected chi connectivity index (χ0v) is 12.9. The number of nitrogens with zero attached hydrogens (tertiary/aromatic N) is 1. The fourth-order valence-corrected chi connectivity index (χ4v) is 2.12. The molecule has 0 aromatic heterocycles. The molecule has 2 N–H and O–H groups in total. The van der Waals surface area contributed by atoms with Crippen LogP contribution in [0, 0.1) is 17.0 Å². The number of aryl methyl sites for hydroxylation is 1. The van der Waals surface area contributed by atoms with Crippen molar-refractivity contribution in [3.05, 3.63) is 62.1 Å². The monoisotopic (exact) mass is 339 g/mol. The van der Waals surface area contributed by atoms with Gasteiger partial charge < -0.3 is 10.6 Å². The van der Waals surface area contributed by atoms with E-state index in [0.717, 1.165) is 0 Å². The Morgan fingerprint density at radius 2 is 1.77 bits per heavy atom. The number of nitrogens with one attached hydrogen (secondary N) is 2. The maximum absolute atomic E-state index is 11.9. The zero-order valence-electron chi connectivity index (χ0n) is 11.4. The second-order valence-corrected chi connectivity index (χ2v) is 5.31. The third-order valence-corrected chi connectivity index (χ3v) is 3.40. The first-order chi connectivity index (χ1) is 10.4. The quantitative estimate of drug-likeness (QED) is 0.618. The lowest BCUT2D eigenvalue weighted by Crippen LogP contribution is -2.20. The van der Waals surface area contributed by atoms with Crippen molar-refractivity contribution in [3.8, 4) is 0 Å². The van der Waals surface area contributed by atoms with E-state index in [1.807, 2.05) is 0 Å². The van der Waals surface area contributed by atoms with Crippen LogP contribution in [0.1, 0.15) is 5.56 Å². The highest BCUT2D eigenvalue weighted by Crippen LogP contribution is 2.30. The molecule has 0 saturated carbocycles. The number of nitro groups is 1. The number of hydrogen-bond acceptors (Lipinski definition) is 3. The van der Waals surface area contributed by atoms with Crippen LogP contribution < -0.4 is 10.6 Å². The fourth-order valence-electron chi connectivity index (χ4n) is 1.76. The summed E-state index contributed by atoms with van der Waals surface area (Å²) in [5.41, 5.74) is 1.28. The van der Waals surface area contributed by atoms with E-state index in [9.17, 15) is 14.9 Å². The first-order valence-electron chi connectivity index (χ1n) is 6.15. The molecule has 2 rings (SSSR count). The summed E-state index contributed by atoms with van der Waals surface area (Å²) >= 11 is 11.6. The molecule has 0 aliphatic carbocycles. The Hall–Kier alpha value is -2.31. The number of carbonyl (C=O) groups is 1. The van der Waals surface area contributed by atoms with Crippen LogP contribution in [0.25, 0.3) is 0 Å². The molecule has 0 heterocycles. The molecule has 0 unspecified atom stereocenters. The highest BCUT2D eigenvalue weighted by atomic mass is 35.5. The minimum absolute atomic E-state index is 0.0441. The predicted octanol–water partition coefficient (Wildman–Crippen LogP) is 4.85. The molecule has 22 heavy (non-hydrogen) atoms. The topological polar surface area (TPSA) is 84.3 Å². The predicted molar refractivity (Wildman–Crippen MR) is 86.9 cm³/mol. The highest BCUT2D eigenvalue weighted by molar-refractivity contribution is 6.33. The molecule has 6 nitrogen and oxygen atoms in total. The Labute approximate surface area is 136 Å². The fraction of sp³-hybridized carbons (Fsp3) is 0.0714. The van der Waals surface area contributed by atoms with Crippen LogP contribution in [0.2, 0.25) is 10.0 Å². The van der Waals surface area contributed by atoms with Gasteiger partial charge in [0.2, 0.25) is 0 Å². The zero-order chi connectivity index (χ0) is 16.3. The van der Waals surface area contributed by atoms with Crippen LogP contribution >= 0.6 is 23.2 Å². The first-order valence-corrected chi connectivity index (χ1v) is 6.90. The number of urea groups is 1. The summed E-state index contributed by atoms with van der Waals surface area (Å²) in [5, 5.41) is 16.5. The summed E-state index contributed by atoms with van der Waals surface area (Å²) in [5.74, 6) is 0. The summed E-state index contributed by atoms with van der Waals surface area (Å²) in [6.07, 6.45) is 0. The van der Waals surface area contributed by atoms with Gasteiger partial charge in [0.1, 0.15) is 5.02 Å². The molecule has 0 spiro atoms. The number of amides is 2. The molecule has 2 aromatic rings. The smallest absolute Gasteiger partial charge is 0.308 e. The van der Waals surface area contributed by atoms with Gasteiger partial charge in [-0.05, 0) is 42.8 Å². The second kappa shape index (κ2) is 6.64. The van der Waals surface area contributed by atoms with Gasteiger partial charge in [0.05, 0.1) is 4.92 Å². The van der Waals surface area contributed by atoms with E-state index < -0.39 is 11.0 Å². The second-order valence-electron chi connectivity index (χ2n) is 4.46. The highest BCUT2D eigenvalue weighted by Gasteiger charge is 2.16. The standard InChI is InChI=1S/C14H11Cl2N3O3/c1-8-6-13(19(21)22)11(16)7-12(8)18-14(20)17-10-4-2-9(15)3-5-10/h2-7H,1H3,(H2,17,18,20). The lowest BCUT2D eigenvalue weighted by molar-refractivity contribution is -0.384. The lowest BCUT2D eigenvalue weighted by Gasteiger charge is -2.10. The van der Waals surface area contributed by atoms with Crippen LogP contribution in [0.4, 0.5) is 21.9 Å². The average Bonchev–Trinajstić information content (AvgIpc) is 2.44. The SMILES string of the molecule is Cc1cc([N+](=O)[O-])c(Cl)cc1NC(=O)Nc1ccc(Cl)cc1. The van der Waals surface area contributed by atoms with Gasteiger partial charge in [0.25, 0.3) is 5.69 Å². The Kier molecular flexibility index (Phi) is 4.85. The third kappa shape index (κ3) is 3.87. The normalized spacial score (nSPS) is 10.1. The molecule has 0 saturated heterocycles. The minimum Gasteiger partial charge on any atom is -0.308 e. The number of halogens is 2. The van der Waals surface area contributed by atoms with E-state index in [0.29, 0.717) is 22.0 Å². The number of rotatable bonds is 3. The van der Waals surface area contributed by atoms with Crippen LogP contribution in [0.3, 0.4) is 0 Å². The summed E-state index contributed by atoms with van der Waals surface area (Å²) in [6, 6.07) is 8.75. The molecular weight excluding hydrogens is 329 g/mol. The first kappa shape index (κ1) is 16.1. The Bertz CT molecular complexity index is 733. The van der Waals surface area contributed by atoms with E-state index in [-0.39, 0.29) is 10.7 Å². The largest absolute Gasteiger partial charge is 0.323 e. The van der Waals surface area contributed by atoms with Crippen LogP contribution in [-0.4, -0.2) is 11.0 Å². The van der Waals surface area contributed by atoms with Crippen LogP contribution in [0.5, 0.6) is 0 Å². The molecule has 8 heteroatoms. The molecule has 0 atom stereocenters. The van der Waals surface area contributed by atoms with Gasteiger partial charge in [0.15, 0.2) is 0 Å². The van der Waals surface area contributed by atoms with Crippen LogP contribution in [-0.2, 0) is 0 Å². The Morgan fingerprint density at radius 3 is 2.36 bits per heavy atom. The minimum atomic E-state index is -0.576. The average molecular weight is 340 g/mol. The maximum Gasteiger partial charge on any atom is 0.323 e. The summed E-state index contributed by atoms with van der Waals surface area (Å²) in [6.45, 7) is 1.64. The number of anilines is 2. The van der Waals surface area contributed by atoms with E-state index in [4.69, 9.17) is 23.2 Å². The Morgan fingerprint density at radius 1 is 1.14 bits per heavy atom. The molecule has 2 amide bonds. The molecule has 0 aliphatic rings. The molecular formula is C14H11Cl2N3O3. The van der Waals surface area contributed by atoms with Crippen molar-refractivity contribution in [1.29, 1.82) is 0 Å².